The molecule has 3 heterocycles. The van der Waals surface area contributed by atoms with Gasteiger partial charge in [0.25, 0.3) is 5.91 Å². The number of methoxy groups -OCH3 is 1. The van der Waals surface area contributed by atoms with Gasteiger partial charge in [0, 0.05) is 33.2 Å². The smallest absolute Gasteiger partial charge is 0.258 e. The zero-order valence-electron chi connectivity index (χ0n) is 21.8. The number of rotatable bonds is 6. The fourth-order valence-electron chi connectivity index (χ4n) is 4.50. The van der Waals surface area contributed by atoms with Gasteiger partial charge >= 0.3 is 0 Å². The lowest BCUT2D eigenvalue weighted by molar-refractivity contribution is -0.141. The molecular formula is C26H38N4O7. The van der Waals surface area contributed by atoms with Crippen molar-refractivity contribution in [3.63, 3.8) is 0 Å². The van der Waals surface area contributed by atoms with E-state index in [-0.39, 0.29) is 51.1 Å². The van der Waals surface area contributed by atoms with Crippen LogP contribution in [0.3, 0.4) is 0 Å². The highest BCUT2D eigenvalue weighted by Gasteiger charge is 2.33. The van der Waals surface area contributed by atoms with Crippen molar-refractivity contribution in [3.05, 3.63) is 29.8 Å². The van der Waals surface area contributed by atoms with E-state index >= 15 is 0 Å². The summed E-state index contributed by atoms with van der Waals surface area (Å²) in [7, 11) is 1.50. The maximum atomic E-state index is 13.5. The molecule has 0 saturated carbocycles. The van der Waals surface area contributed by atoms with Crippen LogP contribution in [0, 0.1) is 5.92 Å². The first kappa shape index (κ1) is 28.4. The molecule has 2 bridgehead atoms. The van der Waals surface area contributed by atoms with E-state index < -0.39 is 35.9 Å². The molecule has 1 aromatic rings. The van der Waals surface area contributed by atoms with Crippen molar-refractivity contribution in [2.24, 2.45) is 5.92 Å². The quantitative estimate of drug-likeness (QED) is 0.440. The fraction of sp³-hybridized carbons (Fsp3) is 0.615. The van der Waals surface area contributed by atoms with Crippen molar-refractivity contribution in [2.45, 2.75) is 51.3 Å². The Morgan fingerprint density at radius 1 is 1.16 bits per heavy atom. The normalized spacial score (nSPS) is 23.7. The van der Waals surface area contributed by atoms with Crippen molar-refractivity contribution in [2.75, 3.05) is 46.5 Å². The summed E-state index contributed by atoms with van der Waals surface area (Å²) in [5, 5.41) is 15.5. The molecule has 3 aliphatic rings. The van der Waals surface area contributed by atoms with Gasteiger partial charge in [-0.15, -0.1) is 0 Å². The predicted molar refractivity (Wildman–Crippen MR) is 135 cm³/mol. The summed E-state index contributed by atoms with van der Waals surface area (Å²) in [6, 6.07) is 5.23. The molecule has 0 unspecified atom stereocenters. The molecule has 1 saturated heterocycles. The van der Waals surface area contributed by atoms with Gasteiger partial charge in [-0.05, 0) is 36.5 Å². The summed E-state index contributed by atoms with van der Waals surface area (Å²) >= 11 is 0. The van der Waals surface area contributed by atoms with Crippen LogP contribution in [0.5, 0.6) is 5.75 Å². The number of fused-ring (bicyclic) bond motifs is 13. The first-order valence-corrected chi connectivity index (χ1v) is 12.7. The predicted octanol–water partition coefficient (Wildman–Crippen LogP) is -0.295. The number of hydrogen-bond donors (Lipinski definition) is 3. The summed E-state index contributed by atoms with van der Waals surface area (Å²) in [6.45, 7) is 4.28. The molecule has 3 aliphatic heterocycles. The molecule has 37 heavy (non-hydrogen) atoms. The molecule has 1 fully saturated rings. The van der Waals surface area contributed by atoms with E-state index in [9.17, 15) is 24.3 Å². The summed E-state index contributed by atoms with van der Waals surface area (Å²) in [5.74, 6) is -1.06. The minimum absolute atomic E-state index is 0.101. The Labute approximate surface area is 217 Å². The van der Waals surface area contributed by atoms with Crippen LogP contribution in [0.1, 0.15) is 32.3 Å². The van der Waals surface area contributed by atoms with E-state index in [0.29, 0.717) is 25.1 Å². The summed E-state index contributed by atoms with van der Waals surface area (Å²) in [5.41, 5.74) is 0.784. The lowest BCUT2D eigenvalue weighted by Crippen LogP contribution is -2.55. The number of likely N-dealkylation sites (tertiary alicyclic amines) is 1. The third-order valence-corrected chi connectivity index (χ3v) is 6.39. The SMILES string of the molecule is COCCN1CC(=O)N[C@H](C(=O)N2CC[C@@H](O)C2)Cc2ccc(cc2)OCC(=O)N[C@@H](CC(C)C)C1=O. The van der Waals surface area contributed by atoms with Crippen molar-refractivity contribution >= 4 is 23.6 Å². The number of carbonyl (C=O) groups excluding carboxylic acids is 4. The minimum atomic E-state index is -0.872. The number of carbonyl (C=O) groups is 4. The van der Waals surface area contributed by atoms with Gasteiger partial charge in [0.1, 0.15) is 17.8 Å². The molecule has 3 atom stereocenters. The van der Waals surface area contributed by atoms with Crippen LogP contribution < -0.4 is 15.4 Å². The summed E-state index contributed by atoms with van der Waals surface area (Å²) < 4.78 is 10.7. The lowest BCUT2D eigenvalue weighted by Gasteiger charge is -2.30. The van der Waals surface area contributed by atoms with Crippen LogP contribution in [0.2, 0.25) is 0 Å². The van der Waals surface area contributed by atoms with Crippen molar-refractivity contribution in [3.8, 4) is 5.75 Å². The van der Waals surface area contributed by atoms with E-state index in [1.165, 1.54) is 12.0 Å². The maximum absolute atomic E-state index is 13.5. The monoisotopic (exact) mass is 518 g/mol. The van der Waals surface area contributed by atoms with E-state index in [4.69, 9.17) is 9.47 Å². The highest BCUT2D eigenvalue weighted by atomic mass is 16.5. The Balaban J connectivity index is 1.90. The second kappa shape index (κ2) is 13.4. The average molecular weight is 519 g/mol. The van der Waals surface area contributed by atoms with Gasteiger partial charge in [-0.2, -0.15) is 0 Å². The number of aliphatic hydroxyl groups is 1. The molecule has 4 amide bonds. The Kier molecular flexibility index (Phi) is 10.3. The van der Waals surface area contributed by atoms with Crippen LogP contribution >= 0.6 is 0 Å². The molecule has 0 aromatic heterocycles. The zero-order valence-corrected chi connectivity index (χ0v) is 21.8. The molecule has 11 nitrogen and oxygen atoms in total. The van der Waals surface area contributed by atoms with Crippen molar-refractivity contribution in [1.29, 1.82) is 0 Å². The first-order chi connectivity index (χ1) is 17.7. The Hall–Kier alpha value is -3.18. The molecule has 0 aliphatic carbocycles. The van der Waals surface area contributed by atoms with Gasteiger partial charge in [-0.1, -0.05) is 26.0 Å². The Morgan fingerprint density at radius 3 is 2.51 bits per heavy atom. The molecule has 4 rings (SSSR count). The summed E-state index contributed by atoms with van der Waals surface area (Å²) in [4.78, 5) is 55.4. The molecule has 3 N–H and O–H groups in total. The van der Waals surface area contributed by atoms with E-state index in [1.54, 1.807) is 29.2 Å². The average Bonchev–Trinajstić information content (AvgIpc) is 3.29. The van der Waals surface area contributed by atoms with Gasteiger partial charge in [0.2, 0.25) is 17.7 Å². The van der Waals surface area contributed by atoms with Crippen molar-refractivity contribution in [1.82, 2.24) is 20.4 Å². The molecule has 0 radical (unpaired) electrons. The van der Waals surface area contributed by atoms with E-state index in [2.05, 4.69) is 10.6 Å². The van der Waals surface area contributed by atoms with Gasteiger partial charge in [0.15, 0.2) is 6.61 Å². The molecule has 0 spiro atoms. The standard InChI is InChI=1S/C26H38N4O7/c1-17(2)12-21-25(34)30(10-11-36-3)15-23(32)27-22(26(35)29-9-8-19(31)14-29)13-18-4-6-20(7-5-18)37-16-24(33)28-21/h4-7,17,19,21-22,31H,8-16H2,1-3H3,(H,27,32)(H,28,33)/t19-,21+,22+/m1/s1. The molecular weight excluding hydrogens is 480 g/mol. The Morgan fingerprint density at radius 2 is 1.89 bits per heavy atom. The first-order valence-electron chi connectivity index (χ1n) is 12.7. The number of hydrogen-bond acceptors (Lipinski definition) is 7. The highest BCUT2D eigenvalue weighted by Crippen LogP contribution is 2.17. The van der Waals surface area contributed by atoms with Crippen LogP contribution in [-0.4, -0.2) is 103 Å². The highest BCUT2D eigenvalue weighted by molar-refractivity contribution is 5.93. The largest absolute Gasteiger partial charge is 0.484 e. The van der Waals surface area contributed by atoms with Crippen LogP contribution in [0.15, 0.2) is 24.3 Å². The number of β-amino-alcohol motifs (C(OH)–C–C–N with tert-alkyl or cyclic N) is 1. The number of nitrogens with one attached hydrogen (secondary N) is 2. The van der Waals surface area contributed by atoms with Crippen molar-refractivity contribution < 1.29 is 33.8 Å². The van der Waals surface area contributed by atoms with Gasteiger partial charge < -0.3 is 35.0 Å². The second-order valence-corrected chi connectivity index (χ2v) is 9.99. The lowest BCUT2D eigenvalue weighted by atomic mass is 10.0. The van der Waals surface area contributed by atoms with E-state index in [1.807, 2.05) is 13.8 Å². The topological polar surface area (TPSA) is 138 Å². The fourth-order valence-corrected chi connectivity index (χ4v) is 4.50. The van der Waals surface area contributed by atoms with Gasteiger partial charge in [-0.25, -0.2) is 0 Å². The van der Waals surface area contributed by atoms with Gasteiger partial charge in [0.05, 0.1) is 19.3 Å². The number of nitrogens with zero attached hydrogens (tertiary/aromatic N) is 2. The van der Waals surface area contributed by atoms with Crippen LogP contribution in [0.4, 0.5) is 0 Å². The minimum Gasteiger partial charge on any atom is -0.484 e. The van der Waals surface area contributed by atoms with Gasteiger partial charge in [-0.3, -0.25) is 19.2 Å². The third kappa shape index (κ3) is 8.43. The maximum Gasteiger partial charge on any atom is 0.258 e. The molecule has 11 heteroatoms. The van der Waals surface area contributed by atoms with E-state index in [0.717, 1.165) is 5.56 Å². The Bertz CT molecular complexity index is 953. The number of amides is 4. The number of ether oxygens (including phenoxy) is 2. The number of benzene rings is 1. The van der Waals surface area contributed by atoms with Crippen LogP contribution in [-0.2, 0) is 30.3 Å². The second-order valence-electron chi connectivity index (χ2n) is 9.99. The van der Waals surface area contributed by atoms with Crippen LogP contribution in [0.25, 0.3) is 0 Å². The zero-order chi connectivity index (χ0) is 26.9. The third-order valence-electron chi connectivity index (χ3n) is 6.39. The molecule has 204 valence electrons. The molecule has 1 aromatic carbocycles. The summed E-state index contributed by atoms with van der Waals surface area (Å²) in [6.07, 6.45) is 0.501. The number of aliphatic hydroxyl groups excluding tert-OH is 1.